The van der Waals surface area contributed by atoms with Crippen LogP contribution in [0.15, 0.2) is 84.1 Å². The number of methoxy groups -OCH3 is 1. The summed E-state index contributed by atoms with van der Waals surface area (Å²) in [6.07, 6.45) is 2.12. The first kappa shape index (κ1) is 20.1. The highest BCUT2D eigenvalue weighted by molar-refractivity contribution is 6.10. The molecule has 1 aliphatic carbocycles. The van der Waals surface area contributed by atoms with Crippen LogP contribution in [0.4, 0.5) is 11.4 Å². The van der Waals surface area contributed by atoms with Gasteiger partial charge in [-0.05, 0) is 37.1 Å². The number of benzene rings is 3. The highest BCUT2D eigenvalue weighted by Crippen LogP contribution is 2.43. The molecule has 0 aromatic heterocycles. The minimum absolute atomic E-state index is 0.0327. The maximum absolute atomic E-state index is 13.0. The Morgan fingerprint density at radius 1 is 0.906 bits per heavy atom. The summed E-state index contributed by atoms with van der Waals surface area (Å²) in [4.78, 5) is 26.0. The number of Topliss-reactive ketones (excluding diaryl/α,β-unsaturated/α-hetero) is 1. The molecule has 0 fully saturated rings. The number of nitrogens with one attached hydrogen (secondary N) is 2. The normalized spacial score (nSPS) is 17.4. The van der Waals surface area contributed by atoms with Gasteiger partial charge in [-0.3, -0.25) is 9.59 Å². The first-order valence-corrected chi connectivity index (χ1v) is 10.8. The summed E-state index contributed by atoms with van der Waals surface area (Å²) in [5.74, 6) is 0.833. The first-order chi connectivity index (χ1) is 15.7. The third-order valence-electron chi connectivity index (χ3n) is 6.10. The topological polar surface area (TPSA) is 67.4 Å². The van der Waals surface area contributed by atoms with Crippen LogP contribution in [0.1, 0.15) is 46.8 Å². The summed E-state index contributed by atoms with van der Waals surface area (Å²) in [5.41, 5.74) is 5.45. The minimum atomic E-state index is -0.335. The van der Waals surface area contributed by atoms with Crippen molar-refractivity contribution in [2.24, 2.45) is 0 Å². The molecule has 0 spiro atoms. The van der Waals surface area contributed by atoms with Crippen molar-refractivity contribution in [3.05, 3.63) is 101 Å². The van der Waals surface area contributed by atoms with E-state index in [1.807, 2.05) is 72.8 Å². The predicted molar refractivity (Wildman–Crippen MR) is 125 cm³/mol. The average molecular weight is 425 g/mol. The quantitative estimate of drug-likeness (QED) is 0.541. The van der Waals surface area contributed by atoms with Gasteiger partial charge >= 0.3 is 0 Å². The van der Waals surface area contributed by atoms with Crippen molar-refractivity contribution < 1.29 is 14.3 Å². The molecule has 5 nitrogen and oxygen atoms in total. The zero-order valence-electron chi connectivity index (χ0n) is 17.9. The van der Waals surface area contributed by atoms with E-state index in [4.69, 9.17) is 4.74 Å². The largest absolute Gasteiger partial charge is 0.496 e. The van der Waals surface area contributed by atoms with Crippen molar-refractivity contribution in [1.29, 1.82) is 0 Å². The Bertz CT molecular complexity index is 1230. The van der Waals surface area contributed by atoms with Crippen LogP contribution in [0.5, 0.6) is 5.75 Å². The first-order valence-electron chi connectivity index (χ1n) is 10.8. The molecule has 32 heavy (non-hydrogen) atoms. The molecule has 0 bridgehead atoms. The van der Waals surface area contributed by atoms with E-state index in [0.717, 1.165) is 46.8 Å². The lowest BCUT2D eigenvalue weighted by Gasteiger charge is -2.26. The van der Waals surface area contributed by atoms with Gasteiger partial charge in [0.05, 0.1) is 24.5 Å². The van der Waals surface area contributed by atoms with Gasteiger partial charge in [-0.25, -0.2) is 0 Å². The molecule has 3 aromatic carbocycles. The van der Waals surface area contributed by atoms with Crippen LogP contribution in [0, 0.1) is 0 Å². The number of ether oxygens (including phenoxy) is 1. The number of allylic oxidation sites excluding steroid dienone is 1. The lowest BCUT2D eigenvalue weighted by Crippen LogP contribution is -2.23. The van der Waals surface area contributed by atoms with Gasteiger partial charge in [-0.1, -0.05) is 48.5 Å². The van der Waals surface area contributed by atoms with E-state index in [-0.39, 0.29) is 17.6 Å². The van der Waals surface area contributed by atoms with Crippen molar-refractivity contribution in [2.45, 2.75) is 25.3 Å². The van der Waals surface area contributed by atoms with Crippen molar-refractivity contribution in [1.82, 2.24) is 0 Å². The van der Waals surface area contributed by atoms with Gasteiger partial charge in [0, 0.05) is 34.4 Å². The molecule has 0 amide bonds. The SMILES string of the molecule is COc1ccccc1[C@H]1Nc2ccc(C(=O)c3ccccc3)cc2NC2=C1C(=O)CCC2. The molecular weight excluding hydrogens is 400 g/mol. The van der Waals surface area contributed by atoms with Gasteiger partial charge in [-0.2, -0.15) is 0 Å². The molecule has 0 saturated heterocycles. The van der Waals surface area contributed by atoms with Crippen LogP contribution in [0.3, 0.4) is 0 Å². The molecule has 3 aromatic rings. The predicted octanol–water partition coefficient (Wildman–Crippen LogP) is 5.51. The Morgan fingerprint density at radius 3 is 2.50 bits per heavy atom. The third-order valence-corrected chi connectivity index (χ3v) is 6.10. The molecule has 5 heteroatoms. The van der Waals surface area contributed by atoms with Gasteiger partial charge in [0.25, 0.3) is 0 Å². The highest BCUT2D eigenvalue weighted by Gasteiger charge is 2.33. The van der Waals surface area contributed by atoms with Gasteiger partial charge in [-0.15, -0.1) is 0 Å². The summed E-state index contributed by atoms with van der Waals surface area (Å²) >= 11 is 0. The van der Waals surface area contributed by atoms with Crippen LogP contribution >= 0.6 is 0 Å². The van der Waals surface area contributed by atoms with E-state index in [9.17, 15) is 9.59 Å². The van der Waals surface area contributed by atoms with E-state index in [0.29, 0.717) is 17.5 Å². The van der Waals surface area contributed by atoms with Crippen LogP contribution in [-0.4, -0.2) is 18.7 Å². The monoisotopic (exact) mass is 424 g/mol. The Morgan fingerprint density at radius 2 is 1.69 bits per heavy atom. The summed E-state index contributed by atoms with van der Waals surface area (Å²) in [5, 5.41) is 7.03. The maximum Gasteiger partial charge on any atom is 0.193 e. The van der Waals surface area contributed by atoms with E-state index in [1.54, 1.807) is 7.11 Å². The van der Waals surface area contributed by atoms with E-state index >= 15 is 0 Å². The van der Waals surface area contributed by atoms with Crippen molar-refractivity contribution in [3.8, 4) is 5.75 Å². The second kappa shape index (κ2) is 8.35. The van der Waals surface area contributed by atoms with Gasteiger partial charge < -0.3 is 15.4 Å². The fourth-order valence-electron chi connectivity index (χ4n) is 4.53. The highest BCUT2D eigenvalue weighted by atomic mass is 16.5. The number of ketones is 2. The number of hydrogen-bond donors (Lipinski definition) is 2. The Labute approximate surface area is 187 Å². The van der Waals surface area contributed by atoms with Gasteiger partial charge in [0.1, 0.15) is 5.75 Å². The Kier molecular flexibility index (Phi) is 5.23. The second-order valence-corrected chi connectivity index (χ2v) is 8.07. The second-order valence-electron chi connectivity index (χ2n) is 8.07. The van der Waals surface area contributed by atoms with Crippen LogP contribution < -0.4 is 15.4 Å². The molecule has 1 heterocycles. The van der Waals surface area contributed by atoms with Crippen LogP contribution in [0.25, 0.3) is 0 Å². The fraction of sp³-hybridized carbons (Fsp3) is 0.185. The number of para-hydroxylation sites is 1. The molecule has 0 unspecified atom stereocenters. The summed E-state index contributed by atoms with van der Waals surface area (Å²) < 4.78 is 5.60. The number of anilines is 2. The molecular formula is C27H24N2O3. The fourth-order valence-corrected chi connectivity index (χ4v) is 4.53. The average Bonchev–Trinajstić information content (AvgIpc) is 3.01. The van der Waals surface area contributed by atoms with Gasteiger partial charge in [0.15, 0.2) is 11.6 Å². The molecule has 2 N–H and O–H groups in total. The molecule has 1 aliphatic heterocycles. The minimum Gasteiger partial charge on any atom is -0.496 e. The number of carbonyl (C=O) groups excluding carboxylic acids is 2. The van der Waals surface area contributed by atoms with Crippen molar-refractivity contribution >= 4 is 22.9 Å². The third kappa shape index (κ3) is 3.56. The van der Waals surface area contributed by atoms with Gasteiger partial charge in [0.2, 0.25) is 0 Å². The zero-order chi connectivity index (χ0) is 22.1. The molecule has 0 radical (unpaired) electrons. The lowest BCUT2D eigenvalue weighted by atomic mass is 9.86. The van der Waals surface area contributed by atoms with Crippen LogP contribution in [0.2, 0.25) is 0 Å². The summed E-state index contributed by atoms with van der Waals surface area (Å²) in [6, 6.07) is 22.3. The van der Waals surface area contributed by atoms with E-state index in [2.05, 4.69) is 10.6 Å². The number of fused-ring (bicyclic) bond motifs is 1. The number of rotatable bonds is 4. The standard InChI is InChI=1S/C27H24N2O3/c1-32-24-13-6-5-10-19(24)26-25-21(11-7-12-23(25)30)28-22-16-18(14-15-20(22)29-26)27(31)17-8-3-2-4-9-17/h2-6,8-10,13-16,26,28-29H,7,11-12H2,1H3/t26-/m1/s1. The number of hydrogen-bond acceptors (Lipinski definition) is 5. The smallest absolute Gasteiger partial charge is 0.193 e. The van der Waals surface area contributed by atoms with E-state index in [1.165, 1.54) is 0 Å². The van der Waals surface area contributed by atoms with Crippen molar-refractivity contribution in [2.75, 3.05) is 17.7 Å². The maximum atomic E-state index is 13.0. The van der Waals surface area contributed by atoms with Crippen LogP contribution in [-0.2, 0) is 4.79 Å². The van der Waals surface area contributed by atoms with E-state index < -0.39 is 0 Å². The molecule has 0 saturated carbocycles. The van der Waals surface area contributed by atoms with Crippen molar-refractivity contribution in [3.63, 3.8) is 0 Å². The Balaban J connectivity index is 1.60. The Hall–Kier alpha value is -3.86. The number of carbonyl (C=O) groups is 2. The molecule has 5 rings (SSSR count). The summed E-state index contributed by atoms with van der Waals surface area (Å²) in [7, 11) is 1.64. The summed E-state index contributed by atoms with van der Waals surface area (Å²) in [6.45, 7) is 0. The molecule has 160 valence electrons. The molecule has 2 aliphatic rings. The lowest BCUT2D eigenvalue weighted by molar-refractivity contribution is -0.116. The molecule has 1 atom stereocenters. The zero-order valence-corrected chi connectivity index (χ0v) is 17.9.